The molecule has 7 nitrogen and oxygen atoms in total. The van der Waals surface area contributed by atoms with Gasteiger partial charge < -0.3 is 15.2 Å². The number of hydrogen-bond donors (Lipinski definition) is 3. The number of aromatic nitrogens is 1. The van der Waals surface area contributed by atoms with Gasteiger partial charge in [-0.05, 0) is 80.6 Å². The zero-order valence-corrected chi connectivity index (χ0v) is 21.2. The van der Waals surface area contributed by atoms with Gasteiger partial charge in [-0.1, -0.05) is 62.4 Å². The highest BCUT2D eigenvalue weighted by Gasteiger charge is 2.20. The molecule has 0 bridgehead atoms. The number of piperidine rings is 1. The van der Waals surface area contributed by atoms with Crippen LogP contribution >= 0.6 is 0 Å². The molecule has 2 heterocycles. The number of aryl methyl sites for hydroxylation is 2. The number of aliphatic carboxylic acids is 2. The highest BCUT2D eigenvalue weighted by Crippen LogP contribution is 2.29. The molecular formula is C29H40N2O5. The van der Waals surface area contributed by atoms with E-state index in [0.29, 0.717) is 0 Å². The Kier molecular flexibility index (Phi) is 11.2. The van der Waals surface area contributed by atoms with Crippen molar-refractivity contribution in [1.29, 1.82) is 0 Å². The fourth-order valence-corrected chi connectivity index (χ4v) is 5.50. The van der Waals surface area contributed by atoms with Gasteiger partial charge in [-0.3, -0.25) is 9.69 Å². The van der Waals surface area contributed by atoms with Crippen molar-refractivity contribution in [2.75, 3.05) is 13.1 Å². The van der Waals surface area contributed by atoms with Crippen molar-refractivity contribution in [3.63, 3.8) is 0 Å². The lowest BCUT2D eigenvalue weighted by Gasteiger charge is -2.32. The molecule has 0 radical (unpaired) electrons. The van der Waals surface area contributed by atoms with Gasteiger partial charge >= 0.3 is 11.9 Å². The molecule has 0 unspecified atom stereocenters. The number of benzene rings is 1. The second-order valence-electron chi connectivity index (χ2n) is 10.2. The maximum atomic E-state index is 11.9. The topological polar surface area (TPSA) is 111 Å². The molecule has 2 fully saturated rings. The Bertz CT molecular complexity index is 1010. The molecule has 1 aromatic carbocycles. The third kappa shape index (κ3) is 9.26. The second-order valence-corrected chi connectivity index (χ2v) is 10.2. The predicted octanol–water partition coefficient (Wildman–Crippen LogP) is 4.89. The molecule has 1 saturated heterocycles. The van der Waals surface area contributed by atoms with Crippen LogP contribution in [0.4, 0.5) is 0 Å². The molecule has 2 aromatic rings. The second kappa shape index (κ2) is 14.6. The molecule has 1 aliphatic heterocycles. The minimum atomic E-state index is -1.82. The highest BCUT2D eigenvalue weighted by molar-refractivity contribution is 6.27. The lowest BCUT2D eigenvalue weighted by Crippen LogP contribution is -2.35. The van der Waals surface area contributed by atoms with Gasteiger partial charge in [0, 0.05) is 18.3 Å². The number of carboxylic acid groups (broad SMARTS) is 2. The Morgan fingerprint density at radius 2 is 1.31 bits per heavy atom. The van der Waals surface area contributed by atoms with E-state index in [9.17, 15) is 4.79 Å². The van der Waals surface area contributed by atoms with Gasteiger partial charge in [0.2, 0.25) is 0 Å². The van der Waals surface area contributed by atoms with E-state index in [0.717, 1.165) is 37.0 Å². The average Bonchev–Trinajstić information content (AvgIpc) is 2.90. The first-order valence-electron chi connectivity index (χ1n) is 13.3. The van der Waals surface area contributed by atoms with E-state index >= 15 is 0 Å². The number of H-pyrrole nitrogens is 1. The van der Waals surface area contributed by atoms with Crippen molar-refractivity contribution >= 4 is 11.9 Å². The summed E-state index contributed by atoms with van der Waals surface area (Å²) in [5.41, 5.74) is 4.14. The summed E-state index contributed by atoms with van der Waals surface area (Å²) < 4.78 is 0. The molecule has 1 aliphatic carbocycles. The monoisotopic (exact) mass is 496 g/mol. The quantitative estimate of drug-likeness (QED) is 0.449. The summed E-state index contributed by atoms with van der Waals surface area (Å²) >= 11 is 0. The van der Waals surface area contributed by atoms with Crippen molar-refractivity contribution in [2.45, 2.75) is 77.2 Å². The molecule has 4 rings (SSSR count). The van der Waals surface area contributed by atoms with Gasteiger partial charge in [0.25, 0.3) is 5.56 Å². The Labute approximate surface area is 213 Å². The molecule has 196 valence electrons. The normalized spacial score (nSPS) is 17.2. The molecule has 1 saturated carbocycles. The third-order valence-corrected chi connectivity index (χ3v) is 7.67. The van der Waals surface area contributed by atoms with Crippen molar-refractivity contribution in [2.24, 2.45) is 11.8 Å². The van der Waals surface area contributed by atoms with Crippen LogP contribution in [-0.4, -0.2) is 45.1 Å². The van der Waals surface area contributed by atoms with Crippen LogP contribution in [0.3, 0.4) is 0 Å². The van der Waals surface area contributed by atoms with Crippen LogP contribution in [0.5, 0.6) is 0 Å². The number of nitrogens with zero attached hydrogens (tertiary/aromatic N) is 1. The number of likely N-dealkylation sites (tertiary alicyclic amines) is 1. The molecule has 3 N–H and O–H groups in total. The Balaban J connectivity index is 0.000000538. The number of carbonyl (C=O) groups is 2. The average molecular weight is 497 g/mol. The van der Waals surface area contributed by atoms with Crippen LogP contribution in [-0.2, 0) is 29.0 Å². The lowest BCUT2D eigenvalue weighted by molar-refractivity contribution is -0.159. The number of hydrogen-bond acceptors (Lipinski definition) is 4. The summed E-state index contributed by atoms with van der Waals surface area (Å²) in [7, 11) is 0. The van der Waals surface area contributed by atoms with Crippen molar-refractivity contribution in [3.8, 4) is 0 Å². The first-order valence-corrected chi connectivity index (χ1v) is 13.3. The number of carboxylic acids is 2. The van der Waals surface area contributed by atoms with Gasteiger partial charge in [-0.15, -0.1) is 0 Å². The molecule has 0 spiro atoms. The standard InChI is InChI=1S/C27H38N2O.C2H2O4/c30-27-26(11-6-18-28-27)21-29-19-16-23(17-20-29)13-15-25-10-5-4-9-24(25)14-12-22-7-2-1-3-8-22;3-1(4)2(5)6/h4-6,9-11,18,22-23H,1-3,7-8,12-17,19-21H2,(H,28,30);(H,3,4)(H,5,6). The largest absolute Gasteiger partial charge is 0.473 e. The summed E-state index contributed by atoms with van der Waals surface area (Å²) in [6.45, 7) is 3.01. The highest BCUT2D eigenvalue weighted by atomic mass is 16.4. The first kappa shape index (κ1) is 27.7. The minimum absolute atomic E-state index is 0.0597. The SMILES string of the molecule is O=C(O)C(=O)O.O=c1[nH]cccc1CN1CCC(CCc2ccccc2CCC2CCCCC2)CC1. The Morgan fingerprint density at radius 1 is 0.778 bits per heavy atom. The van der Waals surface area contributed by atoms with Gasteiger partial charge in [0.05, 0.1) is 0 Å². The summed E-state index contributed by atoms with van der Waals surface area (Å²) in [5, 5.41) is 14.8. The van der Waals surface area contributed by atoms with Crippen LogP contribution in [0.1, 0.15) is 74.5 Å². The van der Waals surface area contributed by atoms with E-state index in [-0.39, 0.29) is 5.56 Å². The maximum Gasteiger partial charge on any atom is 0.414 e. The summed E-state index contributed by atoms with van der Waals surface area (Å²) in [4.78, 5) is 35.4. The lowest BCUT2D eigenvalue weighted by atomic mass is 9.84. The van der Waals surface area contributed by atoms with Crippen LogP contribution in [0, 0.1) is 11.8 Å². The van der Waals surface area contributed by atoms with Gasteiger partial charge in [0.15, 0.2) is 0 Å². The van der Waals surface area contributed by atoms with Crippen LogP contribution in [0.2, 0.25) is 0 Å². The molecule has 2 aliphatic rings. The third-order valence-electron chi connectivity index (χ3n) is 7.67. The van der Waals surface area contributed by atoms with Crippen LogP contribution < -0.4 is 5.56 Å². The Hall–Kier alpha value is -2.93. The van der Waals surface area contributed by atoms with E-state index in [1.807, 2.05) is 12.1 Å². The number of rotatable bonds is 8. The summed E-state index contributed by atoms with van der Waals surface area (Å²) in [6.07, 6.45) is 16.7. The van der Waals surface area contributed by atoms with E-state index in [1.54, 1.807) is 17.3 Å². The van der Waals surface area contributed by atoms with Gasteiger partial charge in [-0.2, -0.15) is 0 Å². The number of nitrogens with one attached hydrogen (secondary N) is 1. The van der Waals surface area contributed by atoms with Crippen molar-refractivity contribution in [3.05, 3.63) is 69.6 Å². The van der Waals surface area contributed by atoms with E-state index < -0.39 is 11.9 Å². The molecule has 1 aromatic heterocycles. The van der Waals surface area contributed by atoms with Crippen LogP contribution in [0.15, 0.2) is 47.4 Å². The van der Waals surface area contributed by atoms with Gasteiger partial charge in [-0.25, -0.2) is 9.59 Å². The molecular weight excluding hydrogens is 456 g/mol. The molecule has 36 heavy (non-hydrogen) atoms. The Morgan fingerprint density at radius 3 is 1.83 bits per heavy atom. The summed E-state index contributed by atoms with van der Waals surface area (Å²) in [5.74, 6) is -1.86. The summed E-state index contributed by atoms with van der Waals surface area (Å²) in [6, 6.07) is 13.1. The van der Waals surface area contributed by atoms with Gasteiger partial charge in [0.1, 0.15) is 0 Å². The minimum Gasteiger partial charge on any atom is -0.473 e. The van der Waals surface area contributed by atoms with E-state index in [4.69, 9.17) is 19.8 Å². The van der Waals surface area contributed by atoms with E-state index in [1.165, 1.54) is 70.6 Å². The molecule has 0 atom stereocenters. The van der Waals surface area contributed by atoms with Crippen LogP contribution in [0.25, 0.3) is 0 Å². The van der Waals surface area contributed by atoms with E-state index in [2.05, 4.69) is 34.1 Å². The smallest absolute Gasteiger partial charge is 0.414 e. The van der Waals surface area contributed by atoms with Crippen molar-refractivity contribution < 1.29 is 19.8 Å². The molecule has 0 amide bonds. The maximum absolute atomic E-state index is 11.9. The fraction of sp³-hybridized carbons (Fsp3) is 0.552. The zero-order chi connectivity index (χ0) is 25.8. The zero-order valence-electron chi connectivity index (χ0n) is 21.2. The first-order chi connectivity index (χ1) is 17.4. The predicted molar refractivity (Wildman–Crippen MR) is 140 cm³/mol. The fourth-order valence-electron chi connectivity index (χ4n) is 5.50. The van der Waals surface area contributed by atoms with Crippen molar-refractivity contribution in [1.82, 2.24) is 9.88 Å². The number of pyridine rings is 1. The number of aromatic amines is 1. The molecule has 7 heteroatoms.